The normalized spacial score (nSPS) is 17.4. The van der Waals surface area contributed by atoms with Crippen LogP contribution in [-0.2, 0) is 25.0 Å². The molecule has 0 N–H and O–H groups in total. The number of aldehydes is 1. The minimum absolute atomic E-state index is 0.0328. The van der Waals surface area contributed by atoms with Gasteiger partial charge in [-0.15, -0.1) is 0 Å². The quantitative estimate of drug-likeness (QED) is 0.157. The summed E-state index contributed by atoms with van der Waals surface area (Å²) in [4.78, 5) is 12.0. The number of hydrogen-bond acceptors (Lipinski definition) is 5. The molecule has 0 spiro atoms. The van der Waals surface area contributed by atoms with Gasteiger partial charge >= 0.3 is 0 Å². The molecule has 0 unspecified atom stereocenters. The van der Waals surface area contributed by atoms with E-state index < -0.39 is 16.6 Å². The third kappa shape index (κ3) is 9.88. The van der Waals surface area contributed by atoms with E-state index in [1.807, 2.05) is 31.2 Å². The van der Waals surface area contributed by atoms with Gasteiger partial charge in [-0.3, -0.25) is 0 Å². The molecule has 1 aromatic rings. The van der Waals surface area contributed by atoms with E-state index >= 15 is 0 Å². The first-order valence-electron chi connectivity index (χ1n) is 14.3. The molecule has 0 aliphatic heterocycles. The zero-order chi connectivity index (χ0) is 29.5. The summed E-state index contributed by atoms with van der Waals surface area (Å²) in [5.74, 6) is 0.862. The maximum atomic E-state index is 12.0. The topological polar surface area (TPSA) is 54.0 Å². The lowest BCUT2D eigenvalue weighted by Crippen LogP contribution is -2.50. The van der Waals surface area contributed by atoms with Crippen molar-refractivity contribution >= 4 is 22.9 Å². The van der Waals surface area contributed by atoms with Gasteiger partial charge in [0.25, 0.3) is 0 Å². The first kappa shape index (κ1) is 35.0. The van der Waals surface area contributed by atoms with Gasteiger partial charge < -0.3 is 23.1 Å². The van der Waals surface area contributed by atoms with Crippen LogP contribution in [0.15, 0.2) is 24.3 Å². The largest absolute Gasteiger partial charge is 0.497 e. The Bertz CT molecular complexity index is 839. The predicted molar refractivity (Wildman–Crippen MR) is 165 cm³/mol. The van der Waals surface area contributed by atoms with Crippen molar-refractivity contribution in [2.45, 2.75) is 124 Å². The van der Waals surface area contributed by atoms with Gasteiger partial charge in [0.15, 0.2) is 16.6 Å². The van der Waals surface area contributed by atoms with E-state index in [1.54, 1.807) is 7.11 Å². The van der Waals surface area contributed by atoms with Crippen molar-refractivity contribution in [2.24, 2.45) is 17.8 Å². The number of rotatable bonds is 15. The number of benzene rings is 1. The summed E-state index contributed by atoms with van der Waals surface area (Å²) in [5.41, 5.74) is 1.05. The molecule has 7 heteroatoms. The van der Waals surface area contributed by atoms with E-state index in [9.17, 15) is 4.79 Å². The summed E-state index contributed by atoms with van der Waals surface area (Å²) in [6.45, 7) is 30.5. The van der Waals surface area contributed by atoms with E-state index in [4.69, 9.17) is 18.3 Å². The molecule has 0 radical (unpaired) electrons. The average Bonchev–Trinajstić information content (AvgIpc) is 2.81. The van der Waals surface area contributed by atoms with Crippen LogP contribution in [0.3, 0.4) is 0 Å². The third-order valence-corrected chi connectivity index (χ3v) is 18.0. The number of hydrogen-bond donors (Lipinski definition) is 0. The van der Waals surface area contributed by atoms with Gasteiger partial charge in [-0.05, 0) is 66.3 Å². The molecule has 0 fully saturated rings. The third-order valence-electron chi connectivity index (χ3n) is 9.01. The number of carbonyl (C=O) groups excluding carboxylic acids is 1. The summed E-state index contributed by atoms with van der Waals surface area (Å²) < 4.78 is 25.4. The van der Waals surface area contributed by atoms with Crippen LogP contribution >= 0.6 is 0 Å². The predicted octanol–water partition coefficient (Wildman–Crippen LogP) is 8.49. The Labute approximate surface area is 236 Å². The van der Waals surface area contributed by atoms with Gasteiger partial charge in [0.1, 0.15) is 12.0 Å². The molecule has 0 saturated carbocycles. The molecule has 0 aromatic heterocycles. The molecular weight excluding hydrogens is 509 g/mol. The highest BCUT2D eigenvalue weighted by atomic mass is 28.4. The van der Waals surface area contributed by atoms with Gasteiger partial charge in [0, 0.05) is 18.4 Å². The van der Waals surface area contributed by atoms with Crippen LogP contribution in [0.25, 0.3) is 0 Å². The molecule has 5 atom stereocenters. The number of carbonyl (C=O) groups is 1. The second kappa shape index (κ2) is 14.1. The highest BCUT2D eigenvalue weighted by molar-refractivity contribution is 6.74. The maximum Gasteiger partial charge on any atom is 0.192 e. The first-order chi connectivity index (χ1) is 17.3. The van der Waals surface area contributed by atoms with Crippen LogP contribution in [-0.4, -0.2) is 48.8 Å². The van der Waals surface area contributed by atoms with E-state index in [1.165, 1.54) is 0 Å². The molecule has 0 saturated heterocycles. The standard InChI is InChI=1S/C31H58O5Si2/c1-23(19-20-35-37(11,12)30(4,5)6)29(36-38(13,14)31(7,8)9)25(3)28(24(2)21-32)34-22-26-15-17-27(33-10)18-16-26/h15-18,21,23-25,28-29H,19-20,22H2,1-14H3/t23-,24+,25-,28+,29+/m1/s1. The van der Waals surface area contributed by atoms with Crippen LogP contribution in [0.1, 0.15) is 74.3 Å². The number of methoxy groups -OCH3 is 1. The highest BCUT2D eigenvalue weighted by Gasteiger charge is 2.44. The van der Waals surface area contributed by atoms with Crippen LogP contribution in [0.2, 0.25) is 36.3 Å². The summed E-state index contributed by atoms with van der Waals surface area (Å²) in [6.07, 6.45) is 1.64. The molecule has 0 amide bonds. The van der Waals surface area contributed by atoms with Crippen LogP contribution in [0, 0.1) is 17.8 Å². The summed E-state index contributed by atoms with van der Waals surface area (Å²) in [7, 11) is -2.24. The Hall–Kier alpha value is -0.996. The van der Waals surface area contributed by atoms with Gasteiger partial charge in [0.05, 0.1) is 25.9 Å². The van der Waals surface area contributed by atoms with Crippen LogP contribution in [0.5, 0.6) is 5.75 Å². The van der Waals surface area contributed by atoms with Crippen molar-refractivity contribution in [1.82, 2.24) is 0 Å². The SMILES string of the molecule is COc1ccc(CO[C@H]([C@@H](C)[C@@H](O[Si](C)(C)C(C)(C)C)[C@H](C)CCO[Si](C)(C)C(C)(C)C)[C@@H](C)C=O)cc1. The minimum Gasteiger partial charge on any atom is -0.497 e. The summed E-state index contributed by atoms with van der Waals surface area (Å²) >= 11 is 0. The molecular formula is C31H58O5Si2. The van der Waals surface area contributed by atoms with Crippen molar-refractivity contribution < 1.29 is 23.1 Å². The van der Waals surface area contributed by atoms with Gasteiger partial charge in [0.2, 0.25) is 0 Å². The van der Waals surface area contributed by atoms with Crippen molar-refractivity contribution in [3.8, 4) is 5.75 Å². The van der Waals surface area contributed by atoms with Crippen LogP contribution in [0.4, 0.5) is 0 Å². The highest BCUT2D eigenvalue weighted by Crippen LogP contribution is 2.41. The second-order valence-electron chi connectivity index (χ2n) is 14.2. The Morgan fingerprint density at radius 3 is 1.82 bits per heavy atom. The molecule has 0 aliphatic rings. The molecule has 1 aromatic carbocycles. The van der Waals surface area contributed by atoms with E-state index in [0.29, 0.717) is 6.61 Å². The second-order valence-corrected chi connectivity index (χ2v) is 23.8. The van der Waals surface area contributed by atoms with E-state index in [-0.39, 0.29) is 40.0 Å². The Balaban J connectivity index is 3.19. The van der Waals surface area contributed by atoms with E-state index in [2.05, 4.69) is 81.6 Å². The maximum absolute atomic E-state index is 12.0. The fourth-order valence-corrected chi connectivity index (χ4v) is 6.64. The Morgan fingerprint density at radius 1 is 0.842 bits per heavy atom. The Kier molecular flexibility index (Phi) is 13.0. The summed E-state index contributed by atoms with van der Waals surface area (Å²) in [5, 5.41) is 0.262. The lowest BCUT2D eigenvalue weighted by atomic mass is 9.83. The first-order valence-corrected chi connectivity index (χ1v) is 20.1. The van der Waals surface area contributed by atoms with Gasteiger partial charge in [-0.2, -0.15) is 0 Å². The summed E-state index contributed by atoms with van der Waals surface area (Å²) in [6, 6.07) is 7.90. The lowest BCUT2D eigenvalue weighted by Gasteiger charge is -2.45. The molecule has 220 valence electrons. The molecule has 1 rings (SSSR count). The molecule has 0 heterocycles. The number of ether oxygens (including phenoxy) is 2. The molecule has 5 nitrogen and oxygen atoms in total. The molecule has 38 heavy (non-hydrogen) atoms. The van der Waals surface area contributed by atoms with Crippen molar-refractivity contribution in [3.05, 3.63) is 29.8 Å². The zero-order valence-electron chi connectivity index (χ0n) is 26.9. The van der Waals surface area contributed by atoms with Crippen molar-refractivity contribution in [2.75, 3.05) is 13.7 Å². The van der Waals surface area contributed by atoms with Gasteiger partial charge in [-0.25, -0.2) is 0 Å². The fraction of sp³-hybridized carbons (Fsp3) is 0.774. The molecule has 0 aliphatic carbocycles. The fourth-order valence-electron chi connectivity index (χ4n) is 4.10. The van der Waals surface area contributed by atoms with E-state index in [0.717, 1.165) is 30.6 Å². The van der Waals surface area contributed by atoms with Gasteiger partial charge in [-0.1, -0.05) is 74.4 Å². The Morgan fingerprint density at radius 2 is 1.37 bits per heavy atom. The van der Waals surface area contributed by atoms with Crippen molar-refractivity contribution in [3.63, 3.8) is 0 Å². The molecule has 0 bridgehead atoms. The zero-order valence-corrected chi connectivity index (χ0v) is 28.9. The lowest BCUT2D eigenvalue weighted by molar-refractivity contribution is -0.122. The smallest absolute Gasteiger partial charge is 0.192 e. The average molecular weight is 567 g/mol. The monoisotopic (exact) mass is 566 g/mol. The van der Waals surface area contributed by atoms with Crippen molar-refractivity contribution in [1.29, 1.82) is 0 Å². The van der Waals surface area contributed by atoms with Crippen LogP contribution < -0.4 is 4.74 Å². The minimum atomic E-state index is -2.08.